The smallest absolute Gasteiger partial charge is 0.335 e. The van der Waals surface area contributed by atoms with Crippen LogP contribution >= 0.6 is 12.4 Å². The Morgan fingerprint density at radius 2 is 1.88 bits per heavy atom. The fourth-order valence-corrected chi connectivity index (χ4v) is 3.06. The van der Waals surface area contributed by atoms with Gasteiger partial charge in [-0.2, -0.15) is 18.2 Å². The van der Waals surface area contributed by atoms with Crippen LogP contribution in [0.4, 0.5) is 13.2 Å². The summed E-state index contributed by atoms with van der Waals surface area (Å²) in [6, 6.07) is 5.41. The van der Waals surface area contributed by atoms with Gasteiger partial charge in [-0.3, -0.25) is 0 Å². The van der Waals surface area contributed by atoms with Gasteiger partial charge in [-0.15, -0.1) is 12.4 Å². The van der Waals surface area contributed by atoms with Crippen molar-refractivity contribution in [2.45, 2.75) is 44.3 Å². The molecule has 2 aromatic rings. The van der Waals surface area contributed by atoms with Crippen LogP contribution in [0.1, 0.15) is 55.4 Å². The lowest BCUT2D eigenvalue weighted by atomic mass is 9.98. The normalized spacial score (nSPS) is 17.4. The van der Waals surface area contributed by atoms with E-state index in [1.165, 1.54) is 18.2 Å². The number of hydrogen-bond donors (Lipinski definition) is 1. The summed E-state index contributed by atoms with van der Waals surface area (Å²) in [7, 11) is 0. The summed E-state index contributed by atoms with van der Waals surface area (Å²) in [6.07, 6.45) is 0.621. The molecule has 0 unspecified atom stereocenters. The zero-order valence-electron chi connectivity index (χ0n) is 13.6. The summed E-state index contributed by atoms with van der Waals surface area (Å²) in [5.74, 6) is 0.583. The molecule has 1 fully saturated rings. The number of hydrogen-bond acceptors (Lipinski definition) is 4. The van der Waals surface area contributed by atoms with Crippen LogP contribution in [0.3, 0.4) is 0 Å². The molecule has 1 aliphatic rings. The van der Waals surface area contributed by atoms with E-state index < -0.39 is 17.3 Å². The summed E-state index contributed by atoms with van der Waals surface area (Å²) in [5.41, 5.74) is 5.47. The van der Waals surface area contributed by atoms with Gasteiger partial charge in [0.25, 0.3) is 5.89 Å². The van der Waals surface area contributed by atoms with E-state index in [4.69, 9.17) is 10.3 Å². The highest BCUT2D eigenvalue weighted by Gasteiger charge is 2.36. The molecule has 4 nitrogen and oxygen atoms in total. The second-order valence-corrected chi connectivity index (χ2v) is 6.19. The maximum Gasteiger partial charge on any atom is 0.416 e. The highest BCUT2D eigenvalue weighted by molar-refractivity contribution is 5.85. The van der Waals surface area contributed by atoms with Crippen LogP contribution in [-0.4, -0.2) is 10.1 Å². The van der Waals surface area contributed by atoms with Gasteiger partial charge < -0.3 is 10.3 Å². The summed E-state index contributed by atoms with van der Waals surface area (Å²) >= 11 is 0. The van der Waals surface area contributed by atoms with E-state index in [-0.39, 0.29) is 23.9 Å². The third kappa shape index (κ3) is 4.04. The molecule has 1 aromatic heterocycles. The maximum absolute atomic E-state index is 13.1. The molecular weight excluding hydrogens is 355 g/mol. The van der Waals surface area contributed by atoms with Gasteiger partial charge in [0, 0.05) is 6.08 Å². The van der Waals surface area contributed by atoms with Crippen molar-refractivity contribution in [3.05, 3.63) is 47.1 Å². The molecule has 1 heterocycles. The van der Waals surface area contributed by atoms with Crippen molar-refractivity contribution in [3.63, 3.8) is 0 Å². The van der Waals surface area contributed by atoms with Crippen molar-refractivity contribution in [2.24, 2.45) is 5.73 Å². The van der Waals surface area contributed by atoms with Crippen LogP contribution in [-0.2, 0) is 11.7 Å². The molecule has 1 aromatic carbocycles. The molecule has 0 saturated heterocycles. The molecule has 0 amide bonds. The highest BCUT2D eigenvalue weighted by Crippen LogP contribution is 2.36. The molecular formula is C17H19ClF3N3O. The third-order valence-electron chi connectivity index (χ3n) is 4.38. The van der Waals surface area contributed by atoms with Gasteiger partial charge >= 0.3 is 6.18 Å². The number of benzene rings is 1. The van der Waals surface area contributed by atoms with Crippen molar-refractivity contribution < 1.29 is 17.7 Å². The zero-order valence-corrected chi connectivity index (χ0v) is 14.5. The monoisotopic (exact) mass is 373 g/mol. The average molecular weight is 374 g/mol. The van der Waals surface area contributed by atoms with E-state index in [0.29, 0.717) is 11.4 Å². The predicted molar refractivity (Wildman–Crippen MR) is 90.9 cm³/mol. The van der Waals surface area contributed by atoms with Crippen molar-refractivity contribution in [3.8, 4) is 0 Å². The minimum atomic E-state index is -4.42. The minimum absolute atomic E-state index is 0. The summed E-state index contributed by atoms with van der Waals surface area (Å²) < 4.78 is 44.5. The first-order chi connectivity index (χ1) is 11.3. The third-order valence-corrected chi connectivity index (χ3v) is 4.38. The Bertz CT molecular complexity index is 764. The highest BCUT2D eigenvalue weighted by atomic mass is 35.5. The van der Waals surface area contributed by atoms with E-state index in [9.17, 15) is 13.2 Å². The summed E-state index contributed by atoms with van der Waals surface area (Å²) in [6.45, 7) is 1.59. The Labute approximate surface area is 149 Å². The number of allylic oxidation sites excluding steroid dienone is 1. The molecule has 3 rings (SSSR count). The van der Waals surface area contributed by atoms with Gasteiger partial charge in [0.15, 0.2) is 5.82 Å². The van der Waals surface area contributed by atoms with E-state index in [2.05, 4.69) is 10.1 Å². The molecule has 0 radical (unpaired) electrons. The Balaban J connectivity index is 0.00000225. The predicted octanol–water partition coefficient (Wildman–Crippen LogP) is 4.80. The zero-order chi connectivity index (χ0) is 17.4. The van der Waals surface area contributed by atoms with Gasteiger partial charge in [-0.05, 0) is 37.0 Å². The molecule has 1 saturated carbocycles. The van der Waals surface area contributed by atoms with Gasteiger partial charge in [-0.1, -0.05) is 36.2 Å². The maximum atomic E-state index is 13.1. The van der Waals surface area contributed by atoms with Gasteiger partial charge in [0.2, 0.25) is 0 Å². The first-order valence-corrected chi connectivity index (χ1v) is 7.77. The van der Waals surface area contributed by atoms with E-state index in [1.54, 1.807) is 13.0 Å². The number of alkyl halides is 3. The second-order valence-electron chi connectivity index (χ2n) is 6.19. The Morgan fingerprint density at radius 1 is 1.24 bits per heavy atom. The molecule has 0 spiro atoms. The quantitative estimate of drug-likeness (QED) is 0.839. The number of nitrogens with two attached hydrogens (primary N) is 1. The first-order valence-electron chi connectivity index (χ1n) is 7.77. The Hall–Kier alpha value is -1.86. The topological polar surface area (TPSA) is 64.9 Å². The summed E-state index contributed by atoms with van der Waals surface area (Å²) in [4.78, 5) is 4.26. The van der Waals surface area contributed by atoms with Crippen molar-refractivity contribution >= 4 is 24.1 Å². The van der Waals surface area contributed by atoms with Crippen LogP contribution in [0.2, 0.25) is 0 Å². The lowest BCUT2D eigenvalue weighted by molar-refractivity contribution is -0.137. The minimum Gasteiger partial charge on any atom is -0.335 e. The largest absolute Gasteiger partial charge is 0.416 e. The van der Waals surface area contributed by atoms with Crippen LogP contribution in [0, 0.1) is 0 Å². The number of nitrogens with zero attached hydrogens (tertiary/aromatic N) is 2. The molecule has 1 aliphatic carbocycles. The van der Waals surface area contributed by atoms with Gasteiger partial charge in [0.1, 0.15) is 0 Å². The Kier molecular flexibility index (Phi) is 5.58. The number of halogens is 4. The van der Waals surface area contributed by atoms with E-state index in [1.807, 2.05) is 0 Å². The SMILES string of the molecule is C/C(=C/c1nc(C2(N)CCCC2)no1)c1ccccc1C(F)(F)F.Cl. The van der Waals surface area contributed by atoms with Crippen molar-refractivity contribution in [2.75, 3.05) is 0 Å². The molecule has 25 heavy (non-hydrogen) atoms. The van der Waals surface area contributed by atoms with Gasteiger partial charge in [-0.25, -0.2) is 0 Å². The van der Waals surface area contributed by atoms with Crippen LogP contribution in [0.25, 0.3) is 11.6 Å². The lowest BCUT2D eigenvalue weighted by Crippen LogP contribution is -2.34. The molecule has 0 aliphatic heterocycles. The van der Waals surface area contributed by atoms with Crippen LogP contribution < -0.4 is 5.73 Å². The lowest BCUT2D eigenvalue weighted by Gasteiger charge is -2.17. The number of aromatic nitrogens is 2. The number of rotatable bonds is 3. The molecule has 2 N–H and O–H groups in total. The summed E-state index contributed by atoms with van der Waals surface area (Å²) in [5, 5.41) is 3.91. The molecule has 8 heteroatoms. The molecule has 0 atom stereocenters. The van der Waals surface area contributed by atoms with E-state index >= 15 is 0 Å². The average Bonchev–Trinajstić information content (AvgIpc) is 3.16. The first kappa shape index (κ1) is 19.5. The standard InChI is InChI=1S/C17H18F3N3O.ClH/c1-11(12-6-2-3-7-13(12)17(18,19)20)10-14-22-15(23-24-14)16(21)8-4-5-9-16;/h2-3,6-7,10H,4-5,8-9,21H2,1H3;1H/b11-10-;. The fraction of sp³-hybridized carbons (Fsp3) is 0.412. The van der Waals surface area contributed by atoms with Crippen LogP contribution in [0.15, 0.2) is 28.8 Å². The van der Waals surface area contributed by atoms with E-state index in [0.717, 1.165) is 31.7 Å². The fourth-order valence-electron chi connectivity index (χ4n) is 3.06. The Morgan fingerprint density at radius 3 is 2.52 bits per heavy atom. The van der Waals surface area contributed by atoms with Gasteiger partial charge in [0.05, 0.1) is 11.1 Å². The molecule has 136 valence electrons. The van der Waals surface area contributed by atoms with Crippen molar-refractivity contribution in [1.29, 1.82) is 0 Å². The van der Waals surface area contributed by atoms with Crippen LogP contribution in [0.5, 0.6) is 0 Å². The second kappa shape index (κ2) is 7.17. The van der Waals surface area contributed by atoms with Crippen molar-refractivity contribution in [1.82, 2.24) is 10.1 Å². The molecule has 0 bridgehead atoms.